The zero-order valence-corrected chi connectivity index (χ0v) is 13.5. The van der Waals surface area contributed by atoms with E-state index in [1.807, 2.05) is 12.3 Å². The van der Waals surface area contributed by atoms with Crippen molar-refractivity contribution in [2.75, 3.05) is 19.3 Å². The van der Waals surface area contributed by atoms with Gasteiger partial charge in [-0.25, -0.2) is 17.7 Å². The summed E-state index contributed by atoms with van der Waals surface area (Å²) in [7, 11) is -3.19. The van der Waals surface area contributed by atoms with Crippen LogP contribution in [0.2, 0.25) is 0 Å². The van der Waals surface area contributed by atoms with Gasteiger partial charge in [0.15, 0.2) is 0 Å². The first-order valence-electron chi connectivity index (χ1n) is 7.56. The third kappa shape index (κ3) is 2.47. The summed E-state index contributed by atoms with van der Waals surface area (Å²) in [5, 5.41) is 11.4. The van der Waals surface area contributed by atoms with E-state index in [9.17, 15) is 8.42 Å². The van der Waals surface area contributed by atoms with Crippen LogP contribution in [0.5, 0.6) is 0 Å². The molecule has 8 heteroatoms. The molecule has 0 aromatic carbocycles. The summed E-state index contributed by atoms with van der Waals surface area (Å²) in [6.07, 6.45) is 8.34. The Morgan fingerprint density at radius 3 is 3.04 bits per heavy atom. The van der Waals surface area contributed by atoms with Gasteiger partial charge in [-0.15, -0.1) is 0 Å². The second-order valence-electron chi connectivity index (χ2n) is 6.02. The molecule has 1 saturated heterocycles. The Morgan fingerprint density at radius 1 is 1.35 bits per heavy atom. The third-order valence-corrected chi connectivity index (χ3v) is 5.74. The first kappa shape index (κ1) is 14.5. The van der Waals surface area contributed by atoms with E-state index in [4.69, 9.17) is 0 Å². The summed E-state index contributed by atoms with van der Waals surface area (Å²) in [4.78, 5) is 7.49. The second-order valence-corrected chi connectivity index (χ2v) is 8.00. The maximum Gasteiger partial charge on any atom is 0.211 e. The average molecular weight is 331 g/mol. The predicted molar refractivity (Wildman–Crippen MR) is 87.6 cm³/mol. The molecule has 0 radical (unpaired) electrons. The lowest BCUT2D eigenvalue weighted by molar-refractivity contribution is 0.315. The molecule has 1 aliphatic heterocycles. The predicted octanol–water partition coefficient (Wildman–Crippen LogP) is 1.65. The lowest BCUT2D eigenvalue weighted by Crippen LogP contribution is -2.38. The fourth-order valence-corrected chi connectivity index (χ4v) is 4.27. The minimum Gasteiger partial charge on any atom is -0.346 e. The van der Waals surface area contributed by atoms with Crippen LogP contribution in [0.15, 0.2) is 24.7 Å². The molecule has 0 aliphatic carbocycles. The van der Waals surface area contributed by atoms with E-state index in [1.165, 1.54) is 10.6 Å². The number of hydrogen-bond acceptors (Lipinski definition) is 5. The number of sulfonamides is 1. The molecule has 7 nitrogen and oxygen atoms in total. The highest BCUT2D eigenvalue weighted by atomic mass is 32.2. The minimum atomic E-state index is -3.19. The van der Waals surface area contributed by atoms with Crippen molar-refractivity contribution in [3.63, 3.8) is 0 Å². The normalized spacial score (nSPS) is 20.3. The molecule has 1 fully saturated rings. The van der Waals surface area contributed by atoms with Crippen molar-refractivity contribution in [1.82, 2.24) is 24.5 Å². The van der Waals surface area contributed by atoms with Gasteiger partial charge < -0.3 is 4.98 Å². The van der Waals surface area contributed by atoms with Gasteiger partial charge in [-0.1, -0.05) is 0 Å². The van der Waals surface area contributed by atoms with Gasteiger partial charge in [-0.2, -0.15) is 10.2 Å². The Balaban J connectivity index is 1.86. The van der Waals surface area contributed by atoms with Gasteiger partial charge >= 0.3 is 0 Å². The number of pyridine rings is 1. The van der Waals surface area contributed by atoms with Crippen LogP contribution in [0.3, 0.4) is 0 Å². The Kier molecular flexibility index (Phi) is 3.31. The van der Waals surface area contributed by atoms with Crippen LogP contribution in [0.4, 0.5) is 0 Å². The van der Waals surface area contributed by atoms with Crippen LogP contribution in [0, 0.1) is 0 Å². The Labute approximate surface area is 133 Å². The van der Waals surface area contributed by atoms with E-state index in [0.29, 0.717) is 13.1 Å². The number of hydrogen-bond donors (Lipinski definition) is 1. The van der Waals surface area contributed by atoms with E-state index in [1.54, 1.807) is 12.4 Å². The fraction of sp³-hybridized carbons (Fsp3) is 0.400. The first-order valence-corrected chi connectivity index (χ1v) is 9.41. The molecular formula is C15H17N5O2S. The van der Waals surface area contributed by atoms with Crippen molar-refractivity contribution < 1.29 is 8.42 Å². The Hall–Kier alpha value is -2.06. The molecule has 4 rings (SSSR count). The summed E-state index contributed by atoms with van der Waals surface area (Å²) in [6.45, 7) is 1.04. The number of H-pyrrole nitrogens is 1. The maximum absolute atomic E-state index is 11.9. The maximum atomic E-state index is 11.9. The smallest absolute Gasteiger partial charge is 0.211 e. The highest BCUT2D eigenvalue weighted by Crippen LogP contribution is 2.33. The van der Waals surface area contributed by atoms with E-state index in [-0.39, 0.29) is 5.92 Å². The van der Waals surface area contributed by atoms with Crippen LogP contribution >= 0.6 is 0 Å². The van der Waals surface area contributed by atoms with Crippen molar-refractivity contribution in [3.8, 4) is 0 Å². The number of rotatable bonds is 2. The molecule has 0 saturated carbocycles. The molecule has 120 valence electrons. The van der Waals surface area contributed by atoms with Gasteiger partial charge in [0.1, 0.15) is 5.65 Å². The molecule has 4 heterocycles. The monoisotopic (exact) mass is 331 g/mol. The van der Waals surface area contributed by atoms with Gasteiger partial charge in [0, 0.05) is 47.6 Å². The topological polar surface area (TPSA) is 91.8 Å². The van der Waals surface area contributed by atoms with Crippen LogP contribution in [0.1, 0.15) is 24.5 Å². The highest BCUT2D eigenvalue weighted by Gasteiger charge is 2.29. The SMILES string of the molecule is CS(=O)(=O)N1CCCC(c2nncc3cnc4[nH]ccc4c23)C1. The summed E-state index contributed by atoms with van der Waals surface area (Å²) in [6, 6.07) is 1.98. The number of nitrogens with zero attached hydrogens (tertiary/aromatic N) is 4. The van der Waals surface area contributed by atoms with Gasteiger partial charge in [-0.3, -0.25) is 0 Å². The summed E-state index contributed by atoms with van der Waals surface area (Å²) in [5.74, 6) is 0.0511. The van der Waals surface area contributed by atoms with E-state index in [0.717, 1.165) is 40.3 Å². The molecule has 1 N–H and O–H groups in total. The van der Waals surface area contributed by atoms with E-state index < -0.39 is 10.0 Å². The van der Waals surface area contributed by atoms with Crippen molar-refractivity contribution in [2.45, 2.75) is 18.8 Å². The summed E-state index contributed by atoms with van der Waals surface area (Å²) in [5.41, 5.74) is 1.67. The largest absolute Gasteiger partial charge is 0.346 e. The molecule has 3 aromatic heterocycles. The molecule has 23 heavy (non-hydrogen) atoms. The van der Waals surface area contributed by atoms with Crippen molar-refractivity contribution >= 4 is 31.8 Å². The number of aromatic amines is 1. The molecular weight excluding hydrogens is 314 g/mol. The molecule has 1 atom stereocenters. The zero-order valence-electron chi connectivity index (χ0n) is 12.7. The van der Waals surface area contributed by atoms with Gasteiger partial charge in [-0.05, 0) is 18.9 Å². The molecule has 3 aromatic rings. The minimum absolute atomic E-state index is 0.0511. The fourth-order valence-electron chi connectivity index (χ4n) is 3.36. The van der Waals surface area contributed by atoms with Gasteiger partial charge in [0.25, 0.3) is 0 Å². The number of fused-ring (bicyclic) bond motifs is 3. The number of aromatic nitrogens is 4. The first-order chi connectivity index (χ1) is 11.0. The quantitative estimate of drug-likeness (QED) is 0.771. The van der Waals surface area contributed by atoms with Crippen molar-refractivity contribution in [1.29, 1.82) is 0 Å². The Bertz CT molecular complexity index is 982. The Morgan fingerprint density at radius 2 is 2.22 bits per heavy atom. The van der Waals surface area contributed by atoms with Crippen LogP contribution < -0.4 is 0 Å². The molecule has 1 unspecified atom stereocenters. The third-order valence-electron chi connectivity index (χ3n) is 4.47. The number of piperidine rings is 1. The van der Waals surface area contributed by atoms with Crippen LogP contribution in [0.25, 0.3) is 21.8 Å². The average Bonchev–Trinajstić information content (AvgIpc) is 3.02. The standard InChI is InChI=1S/C15H17N5O2S/c1-23(21,22)20-6-2-3-10(9-20)14-13-11(8-18-19-14)7-17-15-12(13)4-5-16-15/h4-5,7-8,10H,2-3,6,9H2,1H3,(H,16,17). The van der Waals surface area contributed by atoms with Crippen LogP contribution in [-0.2, 0) is 10.0 Å². The van der Waals surface area contributed by atoms with Gasteiger partial charge in [0.2, 0.25) is 10.0 Å². The lowest BCUT2D eigenvalue weighted by atomic mass is 9.92. The lowest BCUT2D eigenvalue weighted by Gasteiger charge is -2.30. The van der Waals surface area contributed by atoms with Gasteiger partial charge in [0.05, 0.1) is 18.1 Å². The summed E-state index contributed by atoms with van der Waals surface area (Å²) < 4.78 is 25.3. The molecule has 0 spiro atoms. The van der Waals surface area contributed by atoms with Crippen molar-refractivity contribution in [2.24, 2.45) is 0 Å². The van der Waals surface area contributed by atoms with E-state index >= 15 is 0 Å². The zero-order chi connectivity index (χ0) is 16.0. The van der Waals surface area contributed by atoms with E-state index in [2.05, 4.69) is 20.2 Å². The summed E-state index contributed by atoms with van der Waals surface area (Å²) >= 11 is 0. The highest BCUT2D eigenvalue weighted by molar-refractivity contribution is 7.88. The molecule has 1 aliphatic rings. The number of nitrogens with one attached hydrogen (secondary N) is 1. The molecule has 0 bridgehead atoms. The van der Waals surface area contributed by atoms with Crippen molar-refractivity contribution in [3.05, 3.63) is 30.4 Å². The molecule has 0 amide bonds. The second kappa shape index (κ2) is 5.24. The van der Waals surface area contributed by atoms with Crippen LogP contribution in [-0.4, -0.2) is 52.2 Å².